The first-order valence-corrected chi connectivity index (χ1v) is 8.49. The molecular weight excluding hydrogens is 378 g/mol. The van der Waals surface area contributed by atoms with Crippen molar-refractivity contribution in [1.29, 1.82) is 5.26 Å². The van der Waals surface area contributed by atoms with Gasteiger partial charge in [-0.15, -0.1) is 0 Å². The lowest BCUT2D eigenvalue weighted by Gasteiger charge is -2.11. The van der Waals surface area contributed by atoms with E-state index in [-0.39, 0.29) is 0 Å². The summed E-state index contributed by atoms with van der Waals surface area (Å²) in [5.74, 6) is 1.20. The Labute approximate surface area is 154 Å². The third-order valence-corrected chi connectivity index (χ3v) is 4.17. The Bertz CT molecular complexity index is 945. The van der Waals surface area contributed by atoms with Gasteiger partial charge in [-0.1, -0.05) is 6.07 Å². The molecule has 25 heavy (non-hydrogen) atoms. The van der Waals surface area contributed by atoms with Gasteiger partial charge in [0.05, 0.1) is 17.3 Å². The predicted molar refractivity (Wildman–Crippen MR) is 103 cm³/mol. The van der Waals surface area contributed by atoms with Crippen LogP contribution in [-0.2, 0) is 0 Å². The molecule has 0 amide bonds. The number of aromatic nitrogens is 2. The van der Waals surface area contributed by atoms with Gasteiger partial charge in [0.2, 0.25) is 5.95 Å². The maximum Gasteiger partial charge on any atom is 0.229 e. The molecule has 0 aliphatic rings. The lowest BCUT2D eigenvalue weighted by molar-refractivity contribution is 1.11. The lowest BCUT2D eigenvalue weighted by atomic mass is 10.2. The fraction of sp³-hybridized carbons (Fsp3) is 0.105. The van der Waals surface area contributed by atoms with E-state index in [4.69, 9.17) is 5.26 Å². The zero-order chi connectivity index (χ0) is 17.8. The average Bonchev–Trinajstić information content (AvgIpc) is 2.58. The van der Waals surface area contributed by atoms with Gasteiger partial charge < -0.3 is 10.6 Å². The molecule has 3 rings (SSSR count). The Kier molecular flexibility index (Phi) is 4.96. The molecule has 1 aromatic heterocycles. The number of halogens is 1. The van der Waals surface area contributed by atoms with Crippen LogP contribution in [0.4, 0.5) is 23.1 Å². The van der Waals surface area contributed by atoms with E-state index >= 15 is 0 Å². The van der Waals surface area contributed by atoms with Crippen molar-refractivity contribution in [3.8, 4) is 6.07 Å². The fourth-order valence-electron chi connectivity index (χ4n) is 2.31. The summed E-state index contributed by atoms with van der Waals surface area (Å²) in [6.07, 6.45) is 0. The number of hydrogen-bond acceptors (Lipinski definition) is 5. The van der Waals surface area contributed by atoms with Crippen LogP contribution in [0, 0.1) is 25.2 Å². The zero-order valence-corrected chi connectivity index (χ0v) is 15.4. The summed E-state index contributed by atoms with van der Waals surface area (Å²) in [6.45, 7) is 3.96. The summed E-state index contributed by atoms with van der Waals surface area (Å²) in [5.41, 5.74) is 4.40. The molecular formula is C19H16BrN5. The first-order valence-electron chi connectivity index (χ1n) is 7.69. The summed E-state index contributed by atoms with van der Waals surface area (Å²) >= 11 is 3.56. The van der Waals surface area contributed by atoms with E-state index < -0.39 is 0 Å². The van der Waals surface area contributed by atoms with Crippen molar-refractivity contribution in [1.82, 2.24) is 9.97 Å². The van der Waals surface area contributed by atoms with Crippen LogP contribution >= 0.6 is 15.9 Å². The number of nitrogens with zero attached hydrogens (tertiary/aromatic N) is 3. The topological polar surface area (TPSA) is 73.6 Å². The zero-order valence-electron chi connectivity index (χ0n) is 13.8. The molecule has 0 unspecified atom stereocenters. The average molecular weight is 394 g/mol. The van der Waals surface area contributed by atoms with Crippen LogP contribution in [0.15, 0.2) is 53.0 Å². The van der Waals surface area contributed by atoms with Gasteiger partial charge in [-0.2, -0.15) is 10.2 Å². The van der Waals surface area contributed by atoms with Crippen molar-refractivity contribution < 1.29 is 0 Å². The first kappa shape index (κ1) is 16.9. The number of aryl methyl sites for hydroxylation is 2. The lowest BCUT2D eigenvalue weighted by Crippen LogP contribution is -2.02. The van der Waals surface area contributed by atoms with E-state index in [2.05, 4.69) is 42.6 Å². The number of anilines is 4. The minimum absolute atomic E-state index is 0.496. The second-order valence-electron chi connectivity index (χ2n) is 5.64. The van der Waals surface area contributed by atoms with E-state index in [9.17, 15) is 0 Å². The van der Waals surface area contributed by atoms with Gasteiger partial charge in [-0.3, -0.25) is 0 Å². The van der Waals surface area contributed by atoms with Crippen LogP contribution in [0.1, 0.15) is 16.8 Å². The van der Waals surface area contributed by atoms with Crippen LogP contribution in [0.2, 0.25) is 0 Å². The minimum Gasteiger partial charge on any atom is -0.339 e. The van der Waals surface area contributed by atoms with E-state index in [1.807, 2.05) is 50.2 Å². The third kappa shape index (κ3) is 4.34. The second kappa shape index (κ2) is 7.32. The Morgan fingerprint density at radius 3 is 2.40 bits per heavy atom. The molecule has 2 aromatic carbocycles. The number of hydrogen-bond donors (Lipinski definition) is 2. The Morgan fingerprint density at radius 2 is 1.72 bits per heavy atom. The Balaban J connectivity index is 1.83. The molecule has 0 aliphatic heterocycles. The van der Waals surface area contributed by atoms with Crippen molar-refractivity contribution >= 4 is 39.1 Å². The van der Waals surface area contributed by atoms with Gasteiger partial charge in [-0.25, -0.2) is 4.98 Å². The summed E-state index contributed by atoms with van der Waals surface area (Å²) in [4.78, 5) is 8.92. The summed E-state index contributed by atoms with van der Waals surface area (Å²) in [6, 6.07) is 17.2. The van der Waals surface area contributed by atoms with Gasteiger partial charge in [0.15, 0.2) is 0 Å². The molecule has 0 saturated carbocycles. The molecule has 5 nitrogen and oxygen atoms in total. The molecule has 0 bridgehead atoms. The molecule has 0 spiro atoms. The highest BCUT2D eigenvalue weighted by atomic mass is 79.9. The summed E-state index contributed by atoms with van der Waals surface area (Å²) in [5, 5.41) is 15.3. The molecule has 0 radical (unpaired) electrons. The highest BCUT2D eigenvalue weighted by Crippen LogP contribution is 2.27. The second-order valence-corrected chi connectivity index (χ2v) is 6.49. The standard InChI is InChI=1S/C19H16BrN5/c1-12-3-8-17(16(20)9-12)24-18-10-13(2)22-19(25-18)23-15-6-4-14(11-21)5-7-15/h3-10H,1-2H3,(H2,22,23,24,25). The van der Waals surface area contributed by atoms with Gasteiger partial charge >= 0.3 is 0 Å². The fourth-order valence-corrected chi connectivity index (χ4v) is 2.90. The van der Waals surface area contributed by atoms with Crippen molar-refractivity contribution in [2.75, 3.05) is 10.6 Å². The van der Waals surface area contributed by atoms with Gasteiger partial charge in [0.25, 0.3) is 0 Å². The van der Waals surface area contributed by atoms with E-state index in [1.54, 1.807) is 12.1 Å². The molecule has 6 heteroatoms. The van der Waals surface area contributed by atoms with Crippen LogP contribution in [-0.4, -0.2) is 9.97 Å². The quantitative estimate of drug-likeness (QED) is 0.635. The Hall–Kier alpha value is -2.91. The van der Waals surface area contributed by atoms with E-state index in [0.717, 1.165) is 21.5 Å². The minimum atomic E-state index is 0.496. The molecule has 0 fully saturated rings. The Morgan fingerprint density at radius 1 is 0.960 bits per heavy atom. The molecule has 0 atom stereocenters. The number of benzene rings is 2. The highest BCUT2D eigenvalue weighted by Gasteiger charge is 2.06. The van der Waals surface area contributed by atoms with E-state index in [0.29, 0.717) is 17.3 Å². The van der Waals surface area contributed by atoms with Crippen molar-refractivity contribution in [2.45, 2.75) is 13.8 Å². The molecule has 3 aromatic rings. The van der Waals surface area contributed by atoms with Crippen molar-refractivity contribution in [2.24, 2.45) is 0 Å². The summed E-state index contributed by atoms with van der Waals surface area (Å²) < 4.78 is 0.977. The van der Waals surface area contributed by atoms with Gasteiger partial charge in [0.1, 0.15) is 5.82 Å². The van der Waals surface area contributed by atoms with Gasteiger partial charge in [0, 0.05) is 21.9 Å². The molecule has 0 aliphatic carbocycles. The number of nitrogens with one attached hydrogen (secondary N) is 2. The SMILES string of the molecule is Cc1ccc(Nc2cc(C)nc(Nc3ccc(C#N)cc3)n2)c(Br)c1. The molecule has 1 heterocycles. The van der Waals surface area contributed by atoms with Crippen molar-refractivity contribution in [3.05, 3.63) is 69.8 Å². The highest BCUT2D eigenvalue weighted by molar-refractivity contribution is 9.10. The normalized spacial score (nSPS) is 10.2. The third-order valence-electron chi connectivity index (χ3n) is 3.51. The predicted octanol–water partition coefficient (Wildman–Crippen LogP) is 5.21. The maximum absolute atomic E-state index is 8.86. The monoisotopic (exact) mass is 393 g/mol. The first-order chi connectivity index (χ1) is 12.0. The van der Waals surface area contributed by atoms with Crippen LogP contribution in [0.25, 0.3) is 0 Å². The van der Waals surface area contributed by atoms with E-state index in [1.165, 1.54) is 5.56 Å². The van der Waals surface area contributed by atoms with Crippen LogP contribution < -0.4 is 10.6 Å². The number of nitriles is 1. The maximum atomic E-state index is 8.86. The molecule has 0 saturated heterocycles. The molecule has 2 N–H and O–H groups in total. The largest absolute Gasteiger partial charge is 0.339 e. The number of rotatable bonds is 4. The van der Waals surface area contributed by atoms with Crippen LogP contribution in [0.3, 0.4) is 0 Å². The van der Waals surface area contributed by atoms with Gasteiger partial charge in [-0.05, 0) is 71.7 Å². The smallest absolute Gasteiger partial charge is 0.229 e. The van der Waals surface area contributed by atoms with Crippen LogP contribution in [0.5, 0.6) is 0 Å². The molecule has 124 valence electrons. The summed E-state index contributed by atoms with van der Waals surface area (Å²) in [7, 11) is 0. The van der Waals surface area contributed by atoms with Crippen molar-refractivity contribution in [3.63, 3.8) is 0 Å².